The average Bonchev–Trinajstić information content (AvgIpc) is 3.16. The van der Waals surface area contributed by atoms with Crippen molar-refractivity contribution in [2.75, 3.05) is 0 Å². The van der Waals surface area contributed by atoms with Crippen LogP contribution >= 0.6 is 47.8 Å². The van der Waals surface area contributed by atoms with Crippen molar-refractivity contribution in [1.82, 2.24) is 9.44 Å². The molecule has 0 radical (unpaired) electrons. The zero-order valence-corrected chi connectivity index (χ0v) is 41.2. The van der Waals surface area contributed by atoms with Gasteiger partial charge in [0.15, 0.2) is 0 Å². The maximum Gasteiger partial charge on any atom is 0.144 e. The van der Waals surface area contributed by atoms with Crippen molar-refractivity contribution in [1.29, 1.82) is 0 Å². The first-order valence-electron chi connectivity index (χ1n) is 18.3. The summed E-state index contributed by atoms with van der Waals surface area (Å²) in [6, 6.07) is 44.0. The molecule has 0 saturated heterocycles. The third kappa shape index (κ3) is 17.4. The first-order valence-corrected chi connectivity index (χ1v) is 24.1. The number of nitrogens with zero attached hydrogens (tertiary/aromatic N) is 1. The van der Waals surface area contributed by atoms with Gasteiger partial charge < -0.3 is 0 Å². The summed E-state index contributed by atoms with van der Waals surface area (Å²) in [6.45, 7) is 17.5. The fourth-order valence-corrected chi connectivity index (χ4v) is 7.65. The molecule has 12 heteroatoms. The number of hydrogen-bond donors (Lipinski definition) is 2. The van der Waals surface area contributed by atoms with E-state index in [-0.39, 0.29) is 26.3 Å². The summed E-state index contributed by atoms with van der Waals surface area (Å²) in [5, 5.41) is 0. The fraction of sp³-hybridized carbons (Fsp3) is 0.311. The summed E-state index contributed by atoms with van der Waals surface area (Å²) < 4.78 is 49.3. The molecule has 5 rings (SSSR count). The van der Waals surface area contributed by atoms with Crippen molar-refractivity contribution in [3.8, 4) is 0 Å². The van der Waals surface area contributed by atoms with E-state index in [9.17, 15) is 12.6 Å². The fourth-order valence-electron chi connectivity index (χ4n) is 4.64. The van der Waals surface area contributed by atoms with Crippen LogP contribution in [0.1, 0.15) is 102 Å². The van der Waals surface area contributed by atoms with Crippen LogP contribution in [0.3, 0.4) is 0 Å². The molecule has 0 amide bonds. The number of benzene rings is 5. The highest BCUT2D eigenvalue weighted by atomic mass is 79.9. The standard InChI is InChI=1S/2C17H20BrNOS.C11H14BrNOS/c2*1-17(2,3)21(20)19-16(13-7-5-4-6-8-13)14-9-11-15(18)12-10-14;1-11(2,3)15(14)13-8-9-4-6-10(12)7-5-9/h2*4-12,16,19H,1-3H3;4-8H,1-3H3/t16-,21+;16-,21-;15-/m011/s1. The summed E-state index contributed by atoms with van der Waals surface area (Å²) in [6.07, 6.45) is 1.65. The van der Waals surface area contributed by atoms with E-state index in [1.807, 2.05) is 147 Å². The molecule has 0 aliphatic carbocycles. The van der Waals surface area contributed by atoms with Crippen LogP contribution in [0, 0.1) is 0 Å². The van der Waals surface area contributed by atoms with Crippen molar-refractivity contribution in [3.05, 3.63) is 175 Å². The molecule has 306 valence electrons. The molecule has 0 saturated carbocycles. The van der Waals surface area contributed by atoms with Gasteiger partial charge in [-0.05, 0) is 127 Å². The minimum Gasteiger partial charge on any atom is -0.242 e. The molecule has 0 heterocycles. The second kappa shape index (κ2) is 22.8. The van der Waals surface area contributed by atoms with Crippen LogP contribution in [-0.4, -0.2) is 33.1 Å². The SMILES string of the molecule is CC(C)(C)[S@@](=O)N=Cc1ccc(Br)cc1.CC(C)(C)[S@@](=O)N[C@@H](c1ccccc1)c1ccc(Br)cc1.CC(C)(C)[S@@](=O)N[C@H](c1ccccc1)c1ccc(Br)cc1. The Morgan fingerprint density at radius 3 is 1.05 bits per heavy atom. The molecule has 5 aromatic carbocycles. The largest absolute Gasteiger partial charge is 0.242 e. The van der Waals surface area contributed by atoms with Gasteiger partial charge in [0.1, 0.15) is 11.0 Å². The molecule has 0 aliphatic heterocycles. The monoisotopic (exact) mass is 1020 g/mol. The highest BCUT2D eigenvalue weighted by molar-refractivity contribution is 9.11. The summed E-state index contributed by atoms with van der Waals surface area (Å²) >= 11 is 10.3. The Labute approximate surface area is 373 Å². The Hall–Kier alpha value is -2.42. The van der Waals surface area contributed by atoms with E-state index in [0.29, 0.717) is 0 Å². The summed E-state index contributed by atoms with van der Waals surface area (Å²) in [5.41, 5.74) is 5.37. The summed E-state index contributed by atoms with van der Waals surface area (Å²) in [7, 11) is -3.46. The number of halogens is 3. The van der Waals surface area contributed by atoms with Crippen LogP contribution in [-0.2, 0) is 33.0 Å². The van der Waals surface area contributed by atoms with Gasteiger partial charge in [0.25, 0.3) is 0 Å². The second-order valence-corrected chi connectivity index (χ2v) is 24.6. The van der Waals surface area contributed by atoms with Crippen molar-refractivity contribution < 1.29 is 12.6 Å². The summed E-state index contributed by atoms with van der Waals surface area (Å²) in [4.78, 5) is 0. The van der Waals surface area contributed by atoms with Crippen LogP contribution in [0.15, 0.2) is 151 Å². The third-order valence-corrected chi connectivity index (χ3v) is 14.0. The Morgan fingerprint density at radius 2 is 0.754 bits per heavy atom. The molecule has 6 nitrogen and oxygen atoms in total. The zero-order chi connectivity index (χ0) is 42.4. The molecule has 0 fully saturated rings. The minimum atomic E-state index is -1.19. The molecular formula is C45H54Br3N3O3S3. The lowest BCUT2D eigenvalue weighted by molar-refractivity contribution is 0.623. The van der Waals surface area contributed by atoms with Crippen LogP contribution in [0.25, 0.3) is 0 Å². The molecule has 0 bridgehead atoms. The lowest BCUT2D eigenvalue weighted by Gasteiger charge is -2.25. The lowest BCUT2D eigenvalue weighted by Crippen LogP contribution is -2.36. The van der Waals surface area contributed by atoms with Gasteiger partial charge in [-0.1, -0.05) is 145 Å². The molecule has 0 spiro atoms. The smallest absolute Gasteiger partial charge is 0.144 e. The van der Waals surface area contributed by atoms with Gasteiger partial charge in [-0.25, -0.2) is 22.1 Å². The Kier molecular flexibility index (Phi) is 19.6. The second-order valence-electron chi connectivity index (χ2n) is 15.9. The predicted octanol–water partition coefficient (Wildman–Crippen LogP) is 12.5. The molecule has 57 heavy (non-hydrogen) atoms. The lowest BCUT2D eigenvalue weighted by atomic mass is 10.00. The van der Waals surface area contributed by atoms with E-state index in [0.717, 1.165) is 41.2 Å². The number of hydrogen-bond acceptors (Lipinski definition) is 3. The molecule has 2 N–H and O–H groups in total. The van der Waals surface area contributed by atoms with E-state index in [4.69, 9.17) is 0 Å². The number of nitrogens with one attached hydrogen (secondary N) is 2. The van der Waals surface area contributed by atoms with Crippen molar-refractivity contribution >= 4 is 87.0 Å². The van der Waals surface area contributed by atoms with E-state index >= 15 is 0 Å². The molecule has 5 aromatic rings. The zero-order valence-electron chi connectivity index (χ0n) is 34.0. The van der Waals surface area contributed by atoms with E-state index in [1.165, 1.54) is 0 Å². The van der Waals surface area contributed by atoms with Gasteiger partial charge in [0, 0.05) is 19.6 Å². The van der Waals surface area contributed by atoms with Gasteiger partial charge >= 0.3 is 0 Å². The van der Waals surface area contributed by atoms with Gasteiger partial charge in [0.2, 0.25) is 0 Å². The average molecular weight is 1020 g/mol. The molecular weight excluding hydrogens is 966 g/mol. The first kappa shape index (κ1) is 48.9. The summed E-state index contributed by atoms with van der Waals surface area (Å²) in [5.74, 6) is 0. The normalized spacial score (nSPS) is 14.6. The highest BCUT2D eigenvalue weighted by Gasteiger charge is 2.26. The van der Waals surface area contributed by atoms with Crippen LogP contribution in [0.2, 0.25) is 0 Å². The van der Waals surface area contributed by atoms with Gasteiger partial charge in [-0.15, -0.1) is 0 Å². The number of rotatable bonds is 10. The Balaban J connectivity index is 0.000000233. The van der Waals surface area contributed by atoms with Crippen molar-refractivity contribution in [2.45, 2.75) is 88.6 Å². The topological polar surface area (TPSA) is 87.6 Å². The van der Waals surface area contributed by atoms with Crippen LogP contribution in [0.5, 0.6) is 0 Å². The third-order valence-electron chi connectivity index (χ3n) is 7.93. The van der Waals surface area contributed by atoms with Gasteiger partial charge in [0.05, 0.1) is 48.3 Å². The van der Waals surface area contributed by atoms with E-state index < -0.39 is 33.0 Å². The Morgan fingerprint density at radius 1 is 0.456 bits per heavy atom. The first-order chi connectivity index (χ1) is 26.6. The van der Waals surface area contributed by atoms with Crippen molar-refractivity contribution in [2.24, 2.45) is 4.40 Å². The molecule has 0 aliphatic rings. The van der Waals surface area contributed by atoms with E-state index in [1.54, 1.807) is 6.21 Å². The van der Waals surface area contributed by atoms with Crippen LogP contribution in [0.4, 0.5) is 0 Å². The van der Waals surface area contributed by atoms with E-state index in [2.05, 4.69) is 110 Å². The molecule has 5 atom stereocenters. The molecule has 0 aromatic heterocycles. The molecule has 0 unspecified atom stereocenters. The van der Waals surface area contributed by atoms with Gasteiger partial charge in [-0.2, -0.15) is 4.40 Å². The van der Waals surface area contributed by atoms with Crippen LogP contribution < -0.4 is 9.44 Å². The Bertz CT molecular complexity index is 1950. The maximum absolute atomic E-state index is 12.5. The van der Waals surface area contributed by atoms with Gasteiger partial charge in [-0.3, -0.25) is 0 Å². The quantitative estimate of drug-likeness (QED) is 0.137. The minimum absolute atomic E-state index is 0.0839. The highest BCUT2D eigenvalue weighted by Crippen LogP contribution is 2.27. The maximum atomic E-state index is 12.5. The van der Waals surface area contributed by atoms with Crippen molar-refractivity contribution in [3.63, 3.8) is 0 Å². The predicted molar refractivity (Wildman–Crippen MR) is 257 cm³/mol.